The molecule has 5 heteroatoms. The molecule has 1 heterocycles. The summed E-state index contributed by atoms with van der Waals surface area (Å²) in [4.78, 5) is 4.12. The molecule has 0 saturated carbocycles. The number of aliphatic hydroxyl groups excluding tert-OH is 1. The van der Waals surface area contributed by atoms with Crippen LogP contribution in [0.4, 0.5) is 4.39 Å². The quantitative estimate of drug-likeness (QED) is 0.943. The third kappa shape index (κ3) is 3.27. The maximum atomic E-state index is 13.0. The summed E-state index contributed by atoms with van der Waals surface area (Å²) in [6, 6.07) is 7.94. The van der Waals surface area contributed by atoms with E-state index in [0.717, 1.165) is 5.56 Å². The number of aliphatic hydroxyl groups is 1. The highest BCUT2D eigenvalue weighted by atomic mass is 79.9. The van der Waals surface area contributed by atoms with Crippen LogP contribution in [0.15, 0.2) is 41.0 Å². The minimum atomic E-state index is -0.331. The third-order valence-corrected chi connectivity index (χ3v) is 2.95. The van der Waals surface area contributed by atoms with Gasteiger partial charge in [0.1, 0.15) is 18.2 Å². The summed E-state index contributed by atoms with van der Waals surface area (Å²) in [5, 5.41) is 9.00. The number of rotatable bonds is 4. The first kappa shape index (κ1) is 13.0. The summed E-state index contributed by atoms with van der Waals surface area (Å²) >= 11 is 3.09. The van der Waals surface area contributed by atoms with Gasteiger partial charge in [-0.1, -0.05) is 0 Å². The largest absolute Gasteiger partial charge is 0.487 e. The third-order valence-electron chi connectivity index (χ3n) is 2.34. The highest BCUT2D eigenvalue weighted by molar-refractivity contribution is 9.10. The minimum absolute atomic E-state index is 0.0301. The normalized spacial score (nSPS) is 10.4. The summed E-state index contributed by atoms with van der Waals surface area (Å²) < 4.78 is 18.9. The number of ether oxygens (including phenoxy) is 1. The Balaban J connectivity index is 2.04. The zero-order valence-electron chi connectivity index (χ0n) is 9.44. The van der Waals surface area contributed by atoms with E-state index >= 15 is 0 Å². The van der Waals surface area contributed by atoms with Crippen molar-refractivity contribution in [2.75, 3.05) is 0 Å². The Hall–Kier alpha value is -1.46. The fourth-order valence-electron chi connectivity index (χ4n) is 1.43. The molecule has 1 aromatic heterocycles. The minimum Gasteiger partial charge on any atom is -0.487 e. The molecule has 0 fully saturated rings. The van der Waals surface area contributed by atoms with Crippen LogP contribution in [-0.4, -0.2) is 10.1 Å². The Morgan fingerprint density at radius 2 is 2.11 bits per heavy atom. The van der Waals surface area contributed by atoms with Crippen LogP contribution in [0.1, 0.15) is 11.3 Å². The van der Waals surface area contributed by atoms with Gasteiger partial charge in [0.15, 0.2) is 0 Å². The molecule has 3 nitrogen and oxygen atoms in total. The van der Waals surface area contributed by atoms with E-state index in [1.807, 2.05) is 0 Å². The number of hydrogen-bond donors (Lipinski definition) is 1. The van der Waals surface area contributed by atoms with Crippen molar-refractivity contribution in [1.29, 1.82) is 0 Å². The van der Waals surface area contributed by atoms with Gasteiger partial charge in [0.2, 0.25) is 0 Å². The molecule has 0 aliphatic rings. The molecular formula is C13H11BrFNO2. The molecule has 0 bridgehead atoms. The average Bonchev–Trinajstić information content (AvgIpc) is 2.40. The van der Waals surface area contributed by atoms with E-state index in [1.165, 1.54) is 6.07 Å². The van der Waals surface area contributed by atoms with E-state index in [4.69, 9.17) is 9.84 Å². The number of pyridine rings is 1. The highest BCUT2D eigenvalue weighted by Crippen LogP contribution is 2.22. The fraction of sp³-hybridized carbons (Fsp3) is 0.154. The van der Waals surface area contributed by atoms with Gasteiger partial charge in [-0.25, -0.2) is 4.39 Å². The molecule has 2 aromatic rings. The molecule has 1 aromatic carbocycles. The van der Waals surface area contributed by atoms with Crippen molar-refractivity contribution in [3.8, 4) is 5.75 Å². The summed E-state index contributed by atoms with van der Waals surface area (Å²) in [7, 11) is 0. The Morgan fingerprint density at radius 1 is 1.28 bits per heavy atom. The van der Waals surface area contributed by atoms with Gasteiger partial charge in [0.05, 0.1) is 16.8 Å². The van der Waals surface area contributed by atoms with E-state index in [1.54, 1.807) is 30.5 Å². The van der Waals surface area contributed by atoms with Gasteiger partial charge in [-0.3, -0.25) is 4.98 Å². The summed E-state index contributed by atoms with van der Waals surface area (Å²) in [6.45, 7) is 0.240. The second-order valence-corrected chi connectivity index (χ2v) is 4.53. The molecule has 0 aliphatic heterocycles. The first-order chi connectivity index (χ1) is 8.69. The van der Waals surface area contributed by atoms with Gasteiger partial charge in [0.25, 0.3) is 0 Å². The predicted octanol–water partition coefficient (Wildman–Crippen LogP) is 3.05. The second kappa shape index (κ2) is 5.93. The fourth-order valence-corrected chi connectivity index (χ4v) is 1.79. The van der Waals surface area contributed by atoms with Gasteiger partial charge in [-0.2, -0.15) is 0 Å². The van der Waals surface area contributed by atoms with E-state index in [9.17, 15) is 4.39 Å². The zero-order chi connectivity index (χ0) is 13.0. The standard InChI is InChI=1S/C13H11BrFNO2/c14-12-6-11(1-2-13(12)15)18-8-10-5-9(7-17)3-4-16-10/h1-6,17H,7-8H2. The first-order valence-electron chi connectivity index (χ1n) is 5.31. The smallest absolute Gasteiger partial charge is 0.137 e. The van der Waals surface area contributed by atoms with Gasteiger partial charge in [-0.05, 0) is 51.8 Å². The van der Waals surface area contributed by atoms with Crippen molar-refractivity contribution in [1.82, 2.24) is 4.98 Å². The maximum absolute atomic E-state index is 13.0. The lowest BCUT2D eigenvalue weighted by molar-refractivity contribution is 0.279. The molecular weight excluding hydrogens is 301 g/mol. The molecule has 0 amide bonds. The Kier molecular flexibility index (Phi) is 4.28. The van der Waals surface area contributed by atoms with Crippen molar-refractivity contribution >= 4 is 15.9 Å². The lowest BCUT2D eigenvalue weighted by Crippen LogP contribution is -1.99. The SMILES string of the molecule is OCc1ccnc(COc2ccc(F)c(Br)c2)c1. The summed E-state index contributed by atoms with van der Waals surface area (Å²) in [5.41, 5.74) is 1.49. The van der Waals surface area contributed by atoms with Gasteiger partial charge < -0.3 is 9.84 Å². The molecule has 1 N–H and O–H groups in total. The number of aromatic nitrogens is 1. The molecule has 0 aliphatic carbocycles. The predicted molar refractivity (Wildman–Crippen MR) is 68.6 cm³/mol. The van der Waals surface area contributed by atoms with Crippen LogP contribution in [0, 0.1) is 5.82 Å². The van der Waals surface area contributed by atoms with Crippen LogP contribution in [0.2, 0.25) is 0 Å². The van der Waals surface area contributed by atoms with Crippen LogP contribution in [0.25, 0.3) is 0 Å². The lowest BCUT2D eigenvalue weighted by Gasteiger charge is -2.07. The highest BCUT2D eigenvalue weighted by Gasteiger charge is 2.02. The second-order valence-electron chi connectivity index (χ2n) is 3.68. The van der Waals surface area contributed by atoms with Gasteiger partial charge >= 0.3 is 0 Å². The van der Waals surface area contributed by atoms with Gasteiger partial charge in [-0.15, -0.1) is 0 Å². The topological polar surface area (TPSA) is 42.4 Å². The monoisotopic (exact) mass is 311 g/mol. The summed E-state index contributed by atoms with van der Waals surface area (Å²) in [5.74, 6) is 0.224. The number of halogens is 2. The number of nitrogens with zero attached hydrogens (tertiary/aromatic N) is 1. The van der Waals surface area contributed by atoms with E-state index in [-0.39, 0.29) is 19.0 Å². The van der Waals surface area contributed by atoms with Crippen molar-refractivity contribution in [2.24, 2.45) is 0 Å². The van der Waals surface area contributed by atoms with E-state index in [0.29, 0.717) is 15.9 Å². The Labute approximate surface area is 112 Å². The number of hydrogen-bond acceptors (Lipinski definition) is 3. The molecule has 18 heavy (non-hydrogen) atoms. The van der Waals surface area contributed by atoms with Crippen LogP contribution in [0.5, 0.6) is 5.75 Å². The molecule has 94 valence electrons. The molecule has 0 radical (unpaired) electrons. The van der Waals surface area contributed by atoms with Crippen molar-refractivity contribution in [3.05, 3.63) is 58.1 Å². The average molecular weight is 312 g/mol. The van der Waals surface area contributed by atoms with Crippen molar-refractivity contribution < 1.29 is 14.2 Å². The van der Waals surface area contributed by atoms with Crippen LogP contribution in [-0.2, 0) is 13.2 Å². The Bertz CT molecular complexity index is 548. The lowest BCUT2D eigenvalue weighted by atomic mass is 10.2. The molecule has 0 atom stereocenters. The first-order valence-corrected chi connectivity index (χ1v) is 6.11. The molecule has 0 unspecified atom stereocenters. The van der Waals surface area contributed by atoms with E-state index < -0.39 is 0 Å². The zero-order valence-corrected chi connectivity index (χ0v) is 11.0. The molecule has 0 saturated heterocycles. The molecule has 2 rings (SSSR count). The molecule has 0 spiro atoms. The number of benzene rings is 1. The van der Waals surface area contributed by atoms with Crippen molar-refractivity contribution in [2.45, 2.75) is 13.2 Å². The van der Waals surface area contributed by atoms with Crippen LogP contribution < -0.4 is 4.74 Å². The summed E-state index contributed by atoms with van der Waals surface area (Å²) in [6.07, 6.45) is 1.62. The van der Waals surface area contributed by atoms with Gasteiger partial charge in [0, 0.05) is 6.20 Å². The van der Waals surface area contributed by atoms with Crippen LogP contribution in [0.3, 0.4) is 0 Å². The Morgan fingerprint density at radius 3 is 2.83 bits per heavy atom. The van der Waals surface area contributed by atoms with E-state index in [2.05, 4.69) is 20.9 Å². The van der Waals surface area contributed by atoms with Crippen LogP contribution >= 0.6 is 15.9 Å². The van der Waals surface area contributed by atoms with Crippen molar-refractivity contribution in [3.63, 3.8) is 0 Å². The maximum Gasteiger partial charge on any atom is 0.137 e.